The number of ether oxygens (including phenoxy) is 2. The van der Waals surface area contributed by atoms with Crippen LogP contribution in [-0.2, 0) is 9.53 Å². The molecular weight excluding hydrogens is 349 g/mol. The molecule has 0 radical (unpaired) electrons. The van der Waals surface area contributed by atoms with Crippen molar-refractivity contribution in [3.8, 4) is 11.5 Å². The SMILES string of the molecule is O=C(Nc1cc(Cl)ccc1Oc1ccc(Cl)cc1)C1CCOCC1. The number of hydrogen-bond donors (Lipinski definition) is 1. The predicted octanol–water partition coefficient (Wildman–Crippen LogP) is 5.15. The van der Waals surface area contributed by atoms with Crippen LogP contribution in [0.2, 0.25) is 10.0 Å². The van der Waals surface area contributed by atoms with Crippen LogP contribution >= 0.6 is 23.2 Å². The summed E-state index contributed by atoms with van der Waals surface area (Å²) in [4.78, 5) is 12.4. The van der Waals surface area contributed by atoms with Gasteiger partial charge in [0.25, 0.3) is 0 Å². The molecule has 4 nitrogen and oxygen atoms in total. The molecule has 1 amide bonds. The zero-order valence-corrected chi connectivity index (χ0v) is 14.4. The minimum absolute atomic E-state index is 0.0403. The second-order valence-electron chi connectivity index (χ2n) is 5.57. The second kappa shape index (κ2) is 7.88. The molecule has 0 atom stereocenters. The van der Waals surface area contributed by atoms with Gasteiger partial charge in [-0.15, -0.1) is 0 Å². The van der Waals surface area contributed by atoms with E-state index in [0.717, 1.165) is 12.8 Å². The molecule has 1 aliphatic heterocycles. The first-order valence-corrected chi connectivity index (χ1v) is 8.49. The first kappa shape index (κ1) is 17.1. The molecule has 0 aliphatic carbocycles. The minimum Gasteiger partial charge on any atom is -0.455 e. The normalized spacial score (nSPS) is 15.1. The van der Waals surface area contributed by atoms with Gasteiger partial charge in [0.2, 0.25) is 5.91 Å². The van der Waals surface area contributed by atoms with Crippen molar-refractivity contribution in [1.82, 2.24) is 0 Å². The highest BCUT2D eigenvalue weighted by Gasteiger charge is 2.22. The lowest BCUT2D eigenvalue weighted by Gasteiger charge is -2.22. The summed E-state index contributed by atoms with van der Waals surface area (Å²) in [5, 5.41) is 4.08. The van der Waals surface area contributed by atoms with Crippen molar-refractivity contribution in [2.24, 2.45) is 5.92 Å². The Hall–Kier alpha value is -1.75. The van der Waals surface area contributed by atoms with E-state index in [-0.39, 0.29) is 11.8 Å². The Morgan fingerprint density at radius 3 is 2.42 bits per heavy atom. The molecule has 1 saturated heterocycles. The third kappa shape index (κ3) is 4.41. The van der Waals surface area contributed by atoms with Crippen molar-refractivity contribution < 1.29 is 14.3 Å². The van der Waals surface area contributed by atoms with Gasteiger partial charge in [0.1, 0.15) is 5.75 Å². The van der Waals surface area contributed by atoms with Crippen LogP contribution in [-0.4, -0.2) is 19.1 Å². The van der Waals surface area contributed by atoms with E-state index in [2.05, 4.69) is 5.32 Å². The Balaban J connectivity index is 1.77. The van der Waals surface area contributed by atoms with Crippen LogP contribution in [0.4, 0.5) is 5.69 Å². The highest BCUT2D eigenvalue weighted by molar-refractivity contribution is 6.31. The van der Waals surface area contributed by atoms with Crippen LogP contribution in [0.3, 0.4) is 0 Å². The standard InChI is InChI=1S/C18H17Cl2NO3/c19-13-1-4-15(5-2-13)24-17-6-3-14(20)11-16(17)21-18(22)12-7-9-23-10-8-12/h1-6,11-12H,7-10H2,(H,21,22). The highest BCUT2D eigenvalue weighted by atomic mass is 35.5. The molecule has 0 unspecified atom stereocenters. The van der Waals surface area contributed by atoms with E-state index in [0.29, 0.717) is 40.4 Å². The average Bonchev–Trinajstić information content (AvgIpc) is 2.60. The fraction of sp³-hybridized carbons (Fsp3) is 0.278. The topological polar surface area (TPSA) is 47.6 Å². The Morgan fingerprint density at radius 1 is 1.04 bits per heavy atom. The Labute approximate surface area is 150 Å². The predicted molar refractivity (Wildman–Crippen MR) is 95.2 cm³/mol. The zero-order valence-electron chi connectivity index (χ0n) is 12.9. The van der Waals surface area contributed by atoms with E-state index in [1.54, 1.807) is 42.5 Å². The fourth-order valence-corrected chi connectivity index (χ4v) is 2.81. The average molecular weight is 366 g/mol. The van der Waals surface area contributed by atoms with Crippen molar-refractivity contribution >= 4 is 34.8 Å². The number of carbonyl (C=O) groups is 1. The monoisotopic (exact) mass is 365 g/mol. The molecule has 1 fully saturated rings. The van der Waals surface area contributed by atoms with Crippen molar-refractivity contribution in [3.63, 3.8) is 0 Å². The molecule has 0 aromatic heterocycles. The Morgan fingerprint density at radius 2 is 1.71 bits per heavy atom. The van der Waals surface area contributed by atoms with E-state index in [1.165, 1.54) is 0 Å². The van der Waals surface area contributed by atoms with Gasteiger partial charge in [-0.25, -0.2) is 0 Å². The van der Waals surface area contributed by atoms with Crippen LogP contribution in [0.25, 0.3) is 0 Å². The van der Waals surface area contributed by atoms with Gasteiger partial charge in [-0.1, -0.05) is 23.2 Å². The van der Waals surface area contributed by atoms with Crippen LogP contribution in [0, 0.1) is 5.92 Å². The van der Waals surface area contributed by atoms with E-state index >= 15 is 0 Å². The number of carbonyl (C=O) groups excluding carboxylic acids is 1. The molecule has 0 saturated carbocycles. The van der Waals surface area contributed by atoms with Crippen molar-refractivity contribution in [1.29, 1.82) is 0 Å². The summed E-state index contributed by atoms with van der Waals surface area (Å²) >= 11 is 11.9. The molecule has 2 aromatic rings. The van der Waals surface area contributed by atoms with Gasteiger partial charge >= 0.3 is 0 Å². The summed E-state index contributed by atoms with van der Waals surface area (Å²) in [5.41, 5.74) is 0.550. The maximum absolute atomic E-state index is 12.4. The minimum atomic E-state index is -0.0545. The van der Waals surface area contributed by atoms with E-state index in [1.807, 2.05) is 0 Å². The quantitative estimate of drug-likeness (QED) is 0.814. The molecule has 1 aliphatic rings. The van der Waals surface area contributed by atoms with Crippen LogP contribution in [0.15, 0.2) is 42.5 Å². The molecule has 6 heteroatoms. The second-order valence-corrected chi connectivity index (χ2v) is 6.45. The fourth-order valence-electron chi connectivity index (χ4n) is 2.51. The number of nitrogens with one attached hydrogen (secondary N) is 1. The van der Waals surface area contributed by atoms with Crippen molar-refractivity contribution in [2.45, 2.75) is 12.8 Å². The van der Waals surface area contributed by atoms with Crippen molar-refractivity contribution in [3.05, 3.63) is 52.5 Å². The number of rotatable bonds is 4. The van der Waals surface area contributed by atoms with Gasteiger partial charge in [0, 0.05) is 29.2 Å². The molecule has 1 heterocycles. The molecule has 0 bridgehead atoms. The van der Waals surface area contributed by atoms with Gasteiger partial charge in [-0.05, 0) is 55.3 Å². The molecular formula is C18H17Cl2NO3. The molecule has 126 valence electrons. The molecule has 3 rings (SSSR count). The summed E-state index contributed by atoms with van der Waals surface area (Å²) < 4.78 is 11.1. The first-order valence-electron chi connectivity index (χ1n) is 7.73. The lowest BCUT2D eigenvalue weighted by Crippen LogP contribution is -2.28. The van der Waals surface area contributed by atoms with Crippen LogP contribution in [0.1, 0.15) is 12.8 Å². The molecule has 0 spiro atoms. The summed E-state index contributed by atoms with van der Waals surface area (Å²) in [6.07, 6.45) is 1.44. The third-order valence-electron chi connectivity index (χ3n) is 3.83. The summed E-state index contributed by atoms with van der Waals surface area (Å²) in [7, 11) is 0. The molecule has 1 N–H and O–H groups in total. The van der Waals surface area contributed by atoms with Gasteiger partial charge in [0.15, 0.2) is 5.75 Å². The van der Waals surface area contributed by atoms with Gasteiger partial charge in [0.05, 0.1) is 5.69 Å². The molecule has 24 heavy (non-hydrogen) atoms. The zero-order chi connectivity index (χ0) is 16.9. The number of benzene rings is 2. The first-order chi connectivity index (χ1) is 11.6. The maximum atomic E-state index is 12.4. The Bertz CT molecular complexity index is 713. The number of halogens is 2. The summed E-state index contributed by atoms with van der Waals surface area (Å²) in [6.45, 7) is 1.23. The van der Waals surface area contributed by atoms with Crippen LogP contribution in [0.5, 0.6) is 11.5 Å². The van der Waals surface area contributed by atoms with Gasteiger partial charge < -0.3 is 14.8 Å². The molecule has 2 aromatic carbocycles. The smallest absolute Gasteiger partial charge is 0.227 e. The van der Waals surface area contributed by atoms with E-state index in [4.69, 9.17) is 32.7 Å². The van der Waals surface area contributed by atoms with E-state index in [9.17, 15) is 4.79 Å². The summed E-state index contributed by atoms with van der Waals surface area (Å²) in [5.74, 6) is 1.06. The highest BCUT2D eigenvalue weighted by Crippen LogP contribution is 2.33. The van der Waals surface area contributed by atoms with Gasteiger partial charge in [-0.2, -0.15) is 0 Å². The maximum Gasteiger partial charge on any atom is 0.227 e. The third-order valence-corrected chi connectivity index (χ3v) is 4.32. The lowest BCUT2D eigenvalue weighted by atomic mass is 9.99. The van der Waals surface area contributed by atoms with Gasteiger partial charge in [-0.3, -0.25) is 4.79 Å². The van der Waals surface area contributed by atoms with Crippen LogP contribution < -0.4 is 10.1 Å². The number of amides is 1. The summed E-state index contributed by atoms with van der Waals surface area (Å²) in [6, 6.07) is 12.2. The Kier molecular flexibility index (Phi) is 5.61. The lowest BCUT2D eigenvalue weighted by molar-refractivity contribution is -0.122. The van der Waals surface area contributed by atoms with Crippen molar-refractivity contribution in [2.75, 3.05) is 18.5 Å². The largest absolute Gasteiger partial charge is 0.455 e. The number of anilines is 1. The van der Waals surface area contributed by atoms with E-state index < -0.39 is 0 Å². The number of hydrogen-bond acceptors (Lipinski definition) is 3.